The first kappa shape index (κ1) is 8.82. The van der Waals surface area contributed by atoms with E-state index in [1.807, 2.05) is 12.2 Å². The Morgan fingerprint density at radius 1 is 1.64 bits per heavy atom. The summed E-state index contributed by atoms with van der Waals surface area (Å²) in [4.78, 5) is 0. The van der Waals surface area contributed by atoms with Crippen LogP contribution in [0.15, 0.2) is 23.3 Å². The summed E-state index contributed by atoms with van der Waals surface area (Å²) in [5, 5.41) is 0.779. The molecule has 2 unspecified atom stereocenters. The fourth-order valence-electron chi connectivity index (χ4n) is 1.27. The Hall–Kier alpha value is -0.270. The average molecular weight is 173 g/mol. The van der Waals surface area contributed by atoms with Crippen molar-refractivity contribution >= 4 is 11.6 Å². The molecule has 1 aliphatic carbocycles. The van der Waals surface area contributed by atoms with Gasteiger partial charge in [-0.15, -0.1) is 0 Å². The Morgan fingerprint density at radius 2 is 2.36 bits per heavy atom. The summed E-state index contributed by atoms with van der Waals surface area (Å²) in [5.41, 5.74) is 0. The summed E-state index contributed by atoms with van der Waals surface area (Å²) >= 11 is 5.81. The van der Waals surface area contributed by atoms with E-state index in [0.29, 0.717) is 5.92 Å². The van der Waals surface area contributed by atoms with Gasteiger partial charge in [0.1, 0.15) is 0 Å². The molecule has 0 saturated heterocycles. The van der Waals surface area contributed by atoms with Crippen molar-refractivity contribution in [1.82, 2.24) is 0 Å². The topological polar surface area (TPSA) is 9.23 Å². The van der Waals surface area contributed by atoms with Gasteiger partial charge in [0.25, 0.3) is 0 Å². The Labute approximate surface area is 72.7 Å². The quantitative estimate of drug-likeness (QED) is 0.623. The van der Waals surface area contributed by atoms with Crippen molar-refractivity contribution in [2.45, 2.75) is 19.4 Å². The number of methoxy groups -OCH3 is 1. The van der Waals surface area contributed by atoms with E-state index in [-0.39, 0.29) is 6.10 Å². The number of allylic oxidation sites excluding steroid dienone is 2. The Kier molecular flexibility index (Phi) is 3.16. The summed E-state index contributed by atoms with van der Waals surface area (Å²) in [6, 6.07) is 0. The molecule has 1 aliphatic rings. The van der Waals surface area contributed by atoms with Crippen LogP contribution in [-0.4, -0.2) is 13.2 Å². The second kappa shape index (κ2) is 3.93. The van der Waals surface area contributed by atoms with Gasteiger partial charge in [-0.1, -0.05) is 24.6 Å². The lowest BCUT2D eigenvalue weighted by Gasteiger charge is -2.22. The highest BCUT2D eigenvalue weighted by Gasteiger charge is 2.17. The summed E-state index contributed by atoms with van der Waals surface area (Å²) < 4.78 is 5.25. The SMILES string of the molecule is CCC1C=CC(Cl)=CC1OC. The van der Waals surface area contributed by atoms with E-state index >= 15 is 0 Å². The maximum Gasteiger partial charge on any atom is 0.0831 e. The van der Waals surface area contributed by atoms with Crippen molar-refractivity contribution in [2.75, 3.05) is 7.11 Å². The molecular weight excluding hydrogens is 160 g/mol. The first-order valence-electron chi connectivity index (χ1n) is 3.86. The van der Waals surface area contributed by atoms with Crippen LogP contribution in [0, 0.1) is 5.92 Å². The Balaban J connectivity index is 2.66. The van der Waals surface area contributed by atoms with Crippen molar-refractivity contribution in [3.63, 3.8) is 0 Å². The van der Waals surface area contributed by atoms with Gasteiger partial charge in [-0.2, -0.15) is 0 Å². The zero-order chi connectivity index (χ0) is 8.27. The number of hydrogen-bond donors (Lipinski definition) is 0. The molecule has 0 saturated carbocycles. The van der Waals surface area contributed by atoms with E-state index in [0.717, 1.165) is 11.5 Å². The predicted molar refractivity (Wildman–Crippen MR) is 47.7 cm³/mol. The lowest BCUT2D eigenvalue weighted by atomic mass is 9.95. The number of rotatable bonds is 2. The van der Waals surface area contributed by atoms with Crippen molar-refractivity contribution in [2.24, 2.45) is 5.92 Å². The summed E-state index contributed by atoms with van der Waals surface area (Å²) in [5.74, 6) is 0.488. The monoisotopic (exact) mass is 172 g/mol. The summed E-state index contributed by atoms with van der Waals surface area (Å²) in [6.45, 7) is 2.15. The van der Waals surface area contributed by atoms with Crippen molar-refractivity contribution in [3.05, 3.63) is 23.3 Å². The van der Waals surface area contributed by atoms with E-state index in [9.17, 15) is 0 Å². The molecule has 0 heterocycles. The minimum atomic E-state index is 0.164. The summed E-state index contributed by atoms with van der Waals surface area (Å²) in [6.07, 6.45) is 7.25. The second-order valence-electron chi connectivity index (χ2n) is 2.68. The first-order valence-corrected chi connectivity index (χ1v) is 4.24. The van der Waals surface area contributed by atoms with Gasteiger partial charge in [0.05, 0.1) is 6.10 Å². The van der Waals surface area contributed by atoms with Gasteiger partial charge in [-0.25, -0.2) is 0 Å². The standard InChI is InChI=1S/C9H13ClO/c1-3-7-4-5-8(10)6-9(7)11-2/h4-7,9H,3H2,1-2H3. The fraction of sp³-hybridized carbons (Fsp3) is 0.556. The van der Waals surface area contributed by atoms with Gasteiger partial charge in [0, 0.05) is 18.1 Å². The average Bonchev–Trinajstić information content (AvgIpc) is 2.04. The highest BCUT2D eigenvalue weighted by molar-refractivity contribution is 6.31. The third-order valence-corrected chi connectivity index (χ3v) is 2.24. The van der Waals surface area contributed by atoms with Crippen molar-refractivity contribution < 1.29 is 4.74 Å². The van der Waals surface area contributed by atoms with Crippen LogP contribution >= 0.6 is 11.6 Å². The summed E-state index contributed by atoms with van der Waals surface area (Å²) in [7, 11) is 1.72. The normalized spacial score (nSPS) is 30.3. The Morgan fingerprint density at radius 3 is 2.91 bits per heavy atom. The van der Waals surface area contributed by atoms with Crippen LogP contribution in [0.25, 0.3) is 0 Å². The van der Waals surface area contributed by atoms with Crippen LogP contribution < -0.4 is 0 Å². The largest absolute Gasteiger partial charge is 0.377 e. The maximum absolute atomic E-state index is 5.81. The van der Waals surface area contributed by atoms with Gasteiger partial charge in [-0.3, -0.25) is 0 Å². The third kappa shape index (κ3) is 2.08. The smallest absolute Gasteiger partial charge is 0.0831 e. The van der Waals surface area contributed by atoms with E-state index in [1.165, 1.54) is 0 Å². The highest BCUT2D eigenvalue weighted by atomic mass is 35.5. The molecular formula is C9H13ClO. The number of hydrogen-bond acceptors (Lipinski definition) is 1. The van der Waals surface area contributed by atoms with Crippen molar-refractivity contribution in [1.29, 1.82) is 0 Å². The molecule has 1 rings (SSSR count). The Bertz CT molecular complexity index is 184. The lowest BCUT2D eigenvalue weighted by molar-refractivity contribution is 0.104. The van der Waals surface area contributed by atoms with E-state index in [1.54, 1.807) is 7.11 Å². The molecule has 0 spiro atoms. The van der Waals surface area contributed by atoms with Crippen LogP contribution in [-0.2, 0) is 4.74 Å². The van der Waals surface area contributed by atoms with Crippen LogP contribution in [0.1, 0.15) is 13.3 Å². The molecule has 1 nitrogen and oxygen atoms in total. The number of halogens is 1. The van der Waals surface area contributed by atoms with E-state index < -0.39 is 0 Å². The third-order valence-electron chi connectivity index (χ3n) is 1.99. The molecule has 0 amide bonds. The molecule has 0 fully saturated rings. The minimum Gasteiger partial charge on any atom is -0.377 e. The van der Waals surface area contributed by atoms with Crippen LogP contribution in [0.5, 0.6) is 0 Å². The zero-order valence-electron chi connectivity index (χ0n) is 6.88. The molecule has 0 aromatic carbocycles. The van der Waals surface area contributed by atoms with Crippen LogP contribution in [0.2, 0.25) is 0 Å². The van der Waals surface area contributed by atoms with Gasteiger partial charge < -0.3 is 4.74 Å². The zero-order valence-corrected chi connectivity index (χ0v) is 7.64. The molecule has 0 bridgehead atoms. The molecule has 0 aromatic heterocycles. The van der Waals surface area contributed by atoms with Gasteiger partial charge >= 0.3 is 0 Å². The molecule has 2 heteroatoms. The van der Waals surface area contributed by atoms with Crippen LogP contribution in [0.3, 0.4) is 0 Å². The fourth-order valence-corrected chi connectivity index (χ4v) is 1.47. The molecule has 0 aromatic rings. The predicted octanol–water partition coefficient (Wildman–Crippen LogP) is 2.72. The molecule has 0 radical (unpaired) electrons. The molecule has 0 N–H and O–H groups in total. The molecule has 62 valence electrons. The number of ether oxygens (including phenoxy) is 1. The molecule has 0 aliphatic heterocycles. The first-order chi connectivity index (χ1) is 5.27. The van der Waals surface area contributed by atoms with Gasteiger partial charge in [0.2, 0.25) is 0 Å². The minimum absolute atomic E-state index is 0.164. The lowest BCUT2D eigenvalue weighted by Crippen LogP contribution is -2.20. The molecule has 11 heavy (non-hydrogen) atoms. The van der Waals surface area contributed by atoms with Crippen molar-refractivity contribution in [3.8, 4) is 0 Å². The van der Waals surface area contributed by atoms with Crippen LogP contribution in [0.4, 0.5) is 0 Å². The highest BCUT2D eigenvalue weighted by Crippen LogP contribution is 2.23. The molecule has 2 atom stereocenters. The maximum atomic E-state index is 5.81. The van der Waals surface area contributed by atoms with Gasteiger partial charge in [-0.05, 0) is 18.6 Å². The van der Waals surface area contributed by atoms with E-state index in [4.69, 9.17) is 16.3 Å². The second-order valence-corrected chi connectivity index (χ2v) is 3.12. The van der Waals surface area contributed by atoms with Gasteiger partial charge in [0.15, 0.2) is 0 Å². The van der Waals surface area contributed by atoms with E-state index in [2.05, 4.69) is 13.0 Å².